The van der Waals surface area contributed by atoms with Crippen LogP contribution in [0.4, 0.5) is 0 Å². The number of hydrogen-bond donors (Lipinski definition) is 2. The first-order valence-electron chi connectivity index (χ1n) is 7.76. The molecule has 1 aromatic carbocycles. The molecule has 3 rings (SSSR count). The molecule has 0 unspecified atom stereocenters. The third-order valence-electron chi connectivity index (χ3n) is 4.37. The molecule has 2 atom stereocenters. The molecule has 0 saturated heterocycles. The highest BCUT2D eigenvalue weighted by atomic mass is 35.5. The predicted octanol–water partition coefficient (Wildman–Crippen LogP) is 2.77. The molecule has 1 fully saturated rings. The molecular formula is C17H24Cl2N4O. The summed E-state index contributed by atoms with van der Waals surface area (Å²) in [4.78, 5) is 16.5. The Labute approximate surface area is 154 Å². The van der Waals surface area contributed by atoms with E-state index >= 15 is 0 Å². The fraction of sp³-hybridized carbons (Fsp3) is 0.412. The molecule has 3 N–H and O–H groups in total. The van der Waals surface area contributed by atoms with Crippen molar-refractivity contribution in [3.8, 4) is 5.69 Å². The number of nitrogens with one attached hydrogen (secondary N) is 1. The van der Waals surface area contributed by atoms with Gasteiger partial charge in [-0.25, -0.2) is 4.98 Å². The maximum Gasteiger partial charge on any atom is 0.223 e. The van der Waals surface area contributed by atoms with Crippen LogP contribution in [0.15, 0.2) is 36.7 Å². The van der Waals surface area contributed by atoms with E-state index in [2.05, 4.69) is 10.3 Å². The van der Waals surface area contributed by atoms with E-state index in [9.17, 15) is 4.79 Å². The van der Waals surface area contributed by atoms with E-state index in [0.29, 0.717) is 6.54 Å². The van der Waals surface area contributed by atoms with Crippen LogP contribution in [0.1, 0.15) is 30.7 Å². The Hall–Kier alpha value is -1.56. The SMILES string of the molecule is Cc1nccn1-c1ccccc1CNC(=O)[C@H]1CC[C@@H](N)C1.Cl.Cl. The molecule has 1 heterocycles. The molecule has 1 aromatic heterocycles. The Morgan fingerprint density at radius 2 is 2.08 bits per heavy atom. The third kappa shape index (κ3) is 4.50. The number of carbonyl (C=O) groups excluding carboxylic acids is 1. The van der Waals surface area contributed by atoms with Crippen molar-refractivity contribution in [2.75, 3.05) is 0 Å². The Morgan fingerprint density at radius 3 is 2.71 bits per heavy atom. The number of aryl methyl sites for hydroxylation is 1. The summed E-state index contributed by atoms with van der Waals surface area (Å²) in [5.74, 6) is 1.11. The number of nitrogens with zero attached hydrogens (tertiary/aromatic N) is 2. The van der Waals surface area contributed by atoms with Crippen LogP contribution in [0.3, 0.4) is 0 Å². The maximum atomic E-state index is 12.2. The lowest BCUT2D eigenvalue weighted by Gasteiger charge is -2.14. The number of nitrogens with two attached hydrogens (primary N) is 1. The van der Waals surface area contributed by atoms with Crippen LogP contribution < -0.4 is 11.1 Å². The van der Waals surface area contributed by atoms with Crippen LogP contribution in [0, 0.1) is 12.8 Å². The van der Waals surface area contributed by atoms with E-state index in [4.69, 9.17) is 5.73 Å². The number of rotatable bonds is 4. The van der Waals surface area contributed by atoms with Gasteiger partial charge in [0.25, 0.3) is 0 Å². The predicted molar refractivity (Wildman–Crippen MR) is 100.0 cm³/mol. The van der Waals surface area contributed by atoms with Gasteiger partial charge in [0, 0.05) is 30.9 Å². The van der Waals surface area contributed by atoms with Gasteiger partial charge in [-0.15, -0.1) is 24.8 Å². The fourth-order valence-electron chi connectivity index (χ4n) is 3.11. The summed E-state index contributed by atoms with van der Waals surface area (Å²) in [6.07, 6.45) is 6.36. The summed E-state index contributed by atoms with van der Waals surface area (Å²) in [6.45, 7) is 2.49. The highest BCUT2D eigenvalue weighted by Gasteiger charge is 2.27. The number of halogens is 2. The van der Waals surface area contributed by atoms with Crippen molar-refractivity contribution in [1.29, 1.82) is 0 Å². The Morgan fingerprint density at radius 1 is 1.33 bits per heavy atom. The second-order valence-corrected chi connectivity index (χ2v) is 5.96. The van der Waals surface area contributed by atoms with Crippen molar-refractivity contribution in [2.45, 2.75) is 38.8 Å². The van der Waals surface area contributed by atoms with Gasteiger partial charge >= 0.3 is 0 Å². The highest BCUT2D eigenvalue weighted by molar-refractivity contribution is 5.85. The molecule has 1 aliphatic rings. The van der Waals surface area contributed by atoms with Gasteiger partial charge in [0.05, 0.1) is 5.69 Å². The lowest BCUT2D eigenvalue weighted by molar-refractivity contribution is -0.125. The van der Waals surface area contributed by atoms with Crippen LogP contribution in [0.2, 0.25) is 0 Å². The lowest BCUT2D eigenvalue weighted by atomic mass is 10.1. The molecule has 7 heteroatoms. The Balaban J connectivity index is 0.00000144. The lowest BCUT2D eigenvalue weighted by Crippen LogP contribution is -2.30. The zero-order valence-corrected chi connectivity index (χ0v) is 15.3. The second kappa shape index (κ2) is 9.06. The zero-order valence-electron chi connectivity index (χ0n) is 13.6. The van der Waals surface area contributed by atoms with Crippen molar-refractivity contribution in [3.63, 3.8) is 0 Å². The number of amides is 1. The monoisotopic (exact) mass is 370 g/mol. The van der Waals surface area contributed by atoms with Crippen molar-refractivity contribution in [1.82, 2.24) is 14.9 Å². The molecule has 132 valence electrons. The molecule has 1 aliphatic carbocycles. The minimum atomic E-state index is 0. The second-order valence-electron chi connectivity index (χ2n) is 5.96. The van der Waals surface area contributed by atoms with Crippen molar-refractivity contribution < 1.29 is 4.79 Å². The topological polar surface area (TPSA) is 72.9 Å². The van der Waals surface area contributed by atoms with Crippen LogP contribution in [0.5, 0.6) is 0 Å². The van der Waals surface area contributed by atoms with E-state index in [1.807, 2.05) is 42.0 Å². The summed E-state index contributed by atoms with van der Waals surface area (Å²) in [5, 5.41) is 3.06. The Bertz CT molecular complexity index is 674. The van der Waals surface area contributed by atoms with E-state index in [1.165, 1.54) is 0 Å². The molecule has 5 nitrogen and oxygen atoms in total. The van der Waals surface area contributed by atoms with Gasteiger partial charge in [-0.1, -0.05) is 18.2 Å². The van der Waals surface area contributed by atoms with Gasteiger partial charge in [0.15, 0.2) is 0 Å². The van der Waals surface area contributed by atoms with Gasteiger partial charge in [0.2, 0.25) is 5.91 Å². The van der Waals surface area contributed by atoms with Crippen molar-refractivity contribution >= 4 is 30.7 Å². The molecular weight excluding hydrogens is 347 g/mol. The molecule has 2 aromatic rings. The van der Waals surface area contributed by atoms with E-state index in [-0.39, 0.29) is 42.7 Å². The summed E-state index contributed by atoms with van der Waals surface area (Å²) in [7, 11) is 0. The number of para-hydroxylation sites is 1. The molecule has 0 bridgehead atoms. The third-order valence-corrected chi connectivity index (χ3v) is 4.37. The number of carbonyl (C=O) groups is 1. The molecule has 1 amide bonds. The average Bonchev–Trinajstić information content (AvgIpc) is 3.14. The number of benzene rings is 1. The van der Waals surface area contributed by atoms with Crippen LogP contribution in [0.25, 0.3) is 5.69 Å². The number of aromatic nitrogens is 2. The molecule has 24 heavy (non-hydrogen) atoms. The first kappa shape index (κ1) is 20.5. The summed E-state index contributed by atoms with van der Waals surface area (Å²) in [5.41, 5.74) is 8.02. The first-order chi connectivity index (χ1) is 10.6. The summed E-state index contributed by atoms with van der Waals surface area (Å²) >= 11 is 0. The van der Waals surface area contributed by atoms with Gasteiger partial charge in [-0.3, -0.25) is 4.79 Å². The molecule has 0 aliphatic heterocycles. The van der Waals surface area contributed by atoms with Crippen LogP contribution >= 0.6 is 24.8 Å². The van der Waals surface area contributed by atoms with Crippen molar-refractivity contribution in [3.05, 3.63) is 48.0 Å². The first-order valence-corrected chi connectivity index (χ1v) is 7.76. The van der Waals surface area contributed by atoms with E-state index < -0.39 is 0 Å². The standard InChI is InChI=1S/C17H22N4O.2ClH/c1-12-19-8-9-21(12)16-5-3-2-4-14(16)11-20-17(22)13-6-7-15(18)10-13;;/h2-5,8-9,13,15H,6-7,10-11,18H2,1H3,(H,20,22);2*1H/t13-,15+;;/m0../s1. The average molecular weight is 371 g/mol. The van der Waals surface area contributed by atoms with Gasteiger partial charge in [-0.2, -0.15) is 0 Å². The summed E-state index contributed by atoms with van der Waals surface area (Å²) in [6, 6.07) is 8.24. The molecule has 1 saturated carbocycles. The summed E-state index contributed by atoms with van der Waals surface area (Å²) < 4.78 is 2.03. The largest absolute Gasteiger partial charge is 0.352 e. The van der Waals surface area contributed by atoms with Crippen LogP contribution in [-0.4, -0.2) is 21.5 Å². The maximum absolute atomic E-state index is 12.2. The fourth-order valence-corrected chi connectivity index (χ4v) is 3.11. The molecule has 0 radical (unpaired) electrons. The molecule has 0 spiro atoms. The minimum absolute atomic E-state index is 0. The van der Waals surface area contributed by atoms with Crippen LogP contribution in [-0.2, 0) is 11.3 Å². The van der Waals surface area contributed by atoms with Gasteiger partial charge in [-0.05, 0) is 37.8 Å². The number of hydrogen-bond acceptors (Lipinski definition) is 3. The smallest absolute Gasteiger partial charge is 0.223 e. The quantitative estimate of drug-likeness (QED) is 0.868. The Kier molecular flexibility index (Phi) is 7.73. The van der Waals surface area contributed by atoms with E-state index in [1.54, 1.807) is 6.20 Å². The van der Waals surface area contributed by atoms with Crippen molar-refractivity contribution in [2.24, 2.45) is 11.7 Å². The van der Waals surface area contributed by atoms with E-state index in [0.717, 1.165) is 36.3 Å². The van der Waals surface area contributed by atoms with Gasteiger partial charge in [0.1, 0.15) is 5.82 Å². The number of imidazole rings is 1. The normalized spacial score (nSPS) is 19.2. The minimum Gasteiger partial charge on any atom is -0.352 e. The zero-order chi connectivity index (χ0) is 15.5. The van der Waals surface area contributed by atoms with Gasteiger partial charge < -0.3 is 15.6 Å². The highest BCUT2D eigenvalue weighted by Crippen LogP contribution is 2.24.